The van der Waals surface area contributed by atoms with Crippen LogP contribution in [0.1, 0.15) is 16.1 Å². The molecule has 0 spiro atoms. The number of hydrogen-bond acceptors (Lipinski definition) is 5. The highest BCUT2D eigenvalue weighted by Crippen LogP contribution is 2.16. The third-order valence-corrected chi connectivity index (χ3v) is 4.07. The number of piperazine rings is 1. The van der Waals surface area contributed by atoms with Gasteiger partial charge < -0.3 is 4.90 Å². The number of carbonyl (C=O) groups is 1. The standard InChI is InChI=1S/C16H20N4O/c1-12-14(9-13-10-17-4-3-15(13)18-12)16(21)11-20-7-5-19(2)6-8-20/h3-4,9-10H,5-8,11H2,1-2H3. The Morgan fingerprint density at radius 3 is 2.81 bits per heavy atom. The number of carbonyl (C=O) groups excluding carboxylic acids is 1. The van der Waals surface area contributed by atoms with Crippen LogP contribution >= 0.6 is 0 Å². The Kier molecular flexibility index (Phi) is 3.94. The van der Waals surface area contributed by atoms with Crippen molar-refractivity contribution in [1.82, 2.24) is 19.8 Å². The van der Waals surface area contributed by atoms with Gasteiger partial charge in [0.25, 0.3) is 0 Å². The van der Waals surface area contributed by atoms with E-state index in [-0.39, 0.29) is 5.78 Å². The molecule has 0 bridgehead atoms. The number of ketones is 1. The molecule has 0 N–H and O–H groups in total. The second-order valence-electron chi connectivity index (χ2n) is 5.69. The van der Waals surface area contributed by atoms with E-state index < -0.39 is 0 Å². The predicted molar refractivity (Wildman–Crippen MR) is 82.5 cm³/mol. The molecule has 5 heteroatoms. The number of aryl methyl sites for hydroxylation is 1. The zero-order valence-corrected chi connectivity index (χ0v) is 12.5. The molecule has 1 aliphatic heterocycles. The van der Waals surface area contributed by atoms with Crippen molar-refractivity contribution >= 4 is 16.7 Å². The van der Waals surface area contributed by atoms with Crippen molar-refractivity contribution in [3.05, 3.63) is 35.8 Å². The highest BCUT2D eigenvalue weighted by molar-refractivity contribution is 6.01. The topological polar surface area (TPSA) is 49.3 Å². The van der Waals surface area contributed by atoms with Crippen LogP contribution in [0.5, 0.6) is 0 Å². The van der Waals surface area contributed by atoms with Gasteiger partial charge in [0.05, 0.1) is 12.1 Å². The largest absolute Gasteiger partial charge is 0.304 e. The Labute approximate surface area is 124 Å². The highest BCUT2D eigenvalue weighted by atomic mass is 16.1. The summed E-state index contributed by atoms with van der Waals surface area (Å²) in [6, 6.07) is 3.79. The maximum absolute atomic E-state index is 12.5. The molecule has 110 valence electrons. The highest BCUT2D eigenvalue weighted by Gasteiger charge is 2.19. The Morgan fingerprint density at radius 2 is 2.05 bits per heavy atom. The molecule has 21 heavy (non-hydrogen) atoms. The summed E-state index contributed by atoms with van der Waals surface area (Å²) >= 11 is 0. The lowest BCUT2D eigenvalue weighted by Crippen LogP contribution is -2.46. The lowest BCUT2D eigenvalue weighted by atomic mass is 10.1. The van der Waals surface area contributed by atoms with Crippen LogP contribution in [0.2, 0.25) is 0 Å². The van der Waals surface area contributed by atoms with Crippen molar-refractivity contribution < 1.29 is 4.79 Å². The molecule has 0 saturated carbocycles. The fourth-order valence-corrected chi connectivity index (χ4v) is 2.69. The van der Waals surface area contributed by atoms with Crippen LogP contribution in [0, 0.1) is 6.92 Å². The molecule has 0 atom stereocenters. The van der Waals surface area contributed by atoms with Crippen LogP contribution in [-0.2, 0) is 0 Å². The van der Waals surface area contributed by atoms with Crippen LogP contribution in [0.25, 0.3) is 10.9 Å². The summed E-state index contributed by atoms with van der Waals surface area (Å²) in [6.07, 6.45) is 3.48. The first-order valence-electron chi connectivity index (χ1n) is 7.29. The average molecular weight is 284 g/mol. The predicted octanol–water partition coefficient (Wildman–Crippen LogP) is 1.37. The number of pyridine rings is 2. The first-order valence-corrected chi connectivity index (χ1v) is 7.29. The van der Waals surface area contributed by atoms with Crippen molar-refractivity contribution in [3.63, 3.8) is 0 Å². The number of fused-ring (bicyclic) bond motifs is 1. The molecule has 5 nitrogen and oxygen atoms in total. The molecule has 0 amide bonds. The van der Waals surface area contributed by atoms with Gasteiger partial charge in [0.15, 0.2) is 5.78 Å². The average Bonchev–Trinajstić information content (AvgIpc) is 2.49. The van der Waals surface area contributed by atoms with Gasteiger partial charge in [-0.05, 0) is 26.1 Å². The Bertz CT molecular complexity index is 662. The minimum atomic E-state index is 0.148. The van der Waals surface area contributed by atoms with Crippen molar-refractivity contribution in [3.8, 4) is 0 Å². The maximum atomic E-state index is 12.5. The van der Waals surface area contributed by atoms with Crippen LogP contribution < -0.4 is 0 Å². The fourth-order valence-electron chi connectivity index (χ4n) is 2.69. The van der Waals surface area contributed by atoms with E-state index in [4.69, 9.17) is 0 Å². The molecule has 3 rings (SSSR count). The number of aromatic nitrogens is 2. The summed E-state index contributed by atoms with van der Waals surface area (Å²) in [6.45, 7) is 6.31. The Hall–Kier alpha value is -1.85. The first-order chi connectivity index (χ1) is 10.1. The minimum Gasteiger partial charge on any atom is -0.304 e. The lowest BCUT2D eigenvalue weighted by Gasteiger charge is -2.31. The molecule has 0 aliphatic carbocycles. The molecule has 3 heterocycles. The zero-order valence-electron chi connectivity index (χ0n) is 12.5. The Morgan fingerprint density at radius 1 is 1.29 bits per heavy atom. The van der Waals surface area contributed by atoms with Crippen molar-refractivity contribution in [2.45, 2.75) is 6.92 Å². The Balaban J connectivity index is 1.79. The molecule has 2 aromatic heterocycles. The SMILES string of the molecule is Cc1nc2ccncc2cc1C(=O)CN1CCN(C)CC1. The minimum absolute atomic E-state index is 0.148. The number of likely N-dealkylation sites (N-methyl/N-ethyl adjacent to an activating group) is 1. The van der Waals surface area contributed by atoms with E-state index in [2.05, 4.69) is 26.8 Å². The maximum Gasteiger partial charge on any atom is 0.178 e. The van der Waals surface area contributed by atoms with Gasteiger partial charge in [0, 0.05) is 55.2 Å². The van der Waals surface area contributed by atoms with Crippen LogP contribution in [0.4, 0.5) is 0 Å². The molecule has 0 radical (unpaired) electrons. The summed E-state index contributed by atoms with van der Waals surface area (Å²) < 4.78 is 0. The van der Waals surface area contributed by atoms with Crippen LogP contribution in [-0.4, -0.2) is 65.3 Å². The van der Waals surface area contributed by atoms with Crippen molar-refractivity contribution in [1.29, 1.82) is 0 Å². The molecule has 1 fully saturated rings. The number of rotatable bonds is 3. The molecule has 0 unspecified atom stereocenters. The van der Waals surface area contributed by atoms with Gasteiger partial charge in [0.1, 0.15) is 0 Å². The third-order valence-electron chi connectivity index (χ3n) is 4.07. The van der Waals surface area contributed by atoms with Crippen LogP contribution in [0.3, 0.4) is 0 Å². The number of nitrogens with zero attached hydrogens (tertiary/aromatic N) is 4. The molecule has 1 aliphatic rings. The monoisotopic (exact) mass is 284 g/mol. The van der Waals surface area contributed by atoms with Gasteiger partial charge in [-0.2, -0.15) is 0 Å². The van der Waals surface area contributed by atoms with E-state index in [0.29, 0.717) is 6.54 Å². The van der Waals surface area contributed by atoms with E-state index in [9.17, 15) is 4.79 Å². The molecule has 2 aromatic rings. The number of Topliss-reactive ketones (excluding diaryl/α,β-unsaturated/α-hetero) is 1. The summed E-state index contributed by atoms with van der Waals surface area (Å²) in [7, 11) is 2.11. The summed E-state index contributed by atoms with van der Waals surface area (Å²) in [4.78, 5) is 25.7. The fraction of sp³-hybridized carbons (Fsp3) is 0.438. The van der Waals surface area contributed by atoms with Gasteiger partial charge in [-0.1, -0.05) is 0 Å². The smallest absolute Gasteiger partial charge is 0.178 e. The second-order valence-corrected chi connectivity index (χ2v) is 5.69. The molecular formula is C16H20N4O. The number of hydrogen-bond donors (Lipinski definition) is 0. The molecule has 0 aromatic carbocycles. The molecule has 1 saturated heterocycles. The van der Waals surface area contributed by atoms with E-state index in [1.165, 1.54) is 0 Å². The summed E-state index contributed by atoms with van der Waals surface area (Å²) in [5.74, 6) is 0.148. The van der Waals surface area contributed by atoms with Gasteiger partial charge in [-0.15, -0.1) is 0 Å². The van der Waals surface area contributed by atoms with Crippen LogP contribution in [0.15, 0.2) is 24.5 Å². The summed E-state index contributed by atoms with van der Waals surface area (Å²) in [5, 5.41) is 0.921. The molecular weight excluding hydrogens is 264 g/mol. The lowest BCUT2D eigenvalue weighted by molar-refractivity contribution is 0.0875. The van der Waals surface area contributed by atoms with Crippen molar-refractivity contribution in [2.75, 3.05) is 39.8 Å². The normalized spacial score (nSPS) is 17.2. The zero-order chi connectivity index (χ0) is 14.8. The van der Waals surface area contributed by atoms with Gasteiger partial charge in [-0.3, -0.25) is 19.7 Å². The third kappa shape index (κ3) is 3.09. The van der Waals surface area contributed by atoms with E-state index >= 15 is 0 Å². The summed E-state index contributed by atoms with van der Waals surface area (Å²) in [5.41, 5.74) is 2.40. The van der Waals surface area contributed by atoms with Gasteiger partial charge in [-0.25, -0.2) is 0 Å². The van der Waals surface area contributed by atoms with E-state index in [0.717, 1.165) is 48.3 Å². The van der Waals surface area contributed by atoms with Gasteiger partial charge in [0.2, 0.25) is 0 Å². The van der Waals surface area contributed by atoms with Crippen molar-refractivity contribution in [2.24, 2.45) is 0 Å². The quantitative estimate of drug-likeness (QED) is 0.797. The second kappa shape index (κ2) is 5.87. The van der Waals surface area contributed by atoms with E-state index in [1.54, 1.807) is 12.4 Å². The van der Waals surface area contributed by atoms with Gasteiger partial charge >= 0.3 is 0 Å². The first kappa shape index (κ1) is 14.1. The van der Waals surface area contributed by atoms with E-state index in [1.807, 2.05) is 19.1 Å².